The quantitative estimate of drug-likeness (QED) is 0.802. The maximum Gasteiger partial charge on any atom is 0.262 e. The first-order valence-electron chi connectivity index (χ1n) is 5.63. The molecule has 0 aliphatic carbocycles. The standard InChI is InChI=1S/C13H12BrClN2O2S/c1-8-12(16)6-10(15)7-13(8)20(18,19)17-11-4-2-3-9(14)5-11/h2-7,17H,16H2,1H3. The minimum absolute atomic E-state index is 0.0717. The lowest BCUT2D eigenvalue weighted by Gasteiger charge is -2.12. The molecule has 3 N–H and O–H groups in total. The summed E-state index contributed by atoms with van der Waals surface area (Å²) < 4.78 is 28.1. The van der Waals surface area contributed by atoms with Crippen LogP contribution in [0, 0.1) is 6.92 Å². The van der Waals surface area contributed by atoms with Crippen molar-refractivity contribution >= 4 is 48.9 Å². The van der Waals surface area contributed by atoms with Gasteiger partial charge in [0.05, 0.1) is 4.90 Å². The van der Waals surface area contributed by atoms with Crippen LogP contribution in [0.25, 0.3) is 0 Å². The van der Waals surface area contributed by atoms with Gasteiger partial charge in [-0.25, -0.2) is 8.42 Å². The number of nitrogens with two attached hydrogens (primary N) is 1. The molecule has 20 heavy (non-hydrogen) atoms. The highest BCUT2D eigenvalue weighted by molar-refractivity contribution is 9.10. The van der Waals surface area contributed by atoms with Gasteiger partial charge in [-0.3, -0.25) is 4.72 Å². The lowest BCUT2D eigenvalue weighted by Crippen LogP contribution is -2.15. The first kappa shape index (κ1) is 15.2. The Balaban J connectivity index is 2.46. The molecule has 7 heteroatoms. The van der Waals surface area contributed by atoms with E-state index in [1.807, 2.05) is 0 Å². The van der Waals surface area contributed by atoms with Crippen LogP contribution in [0.1, 0.15) is 5.56 Å². The van der Waals surface area contributed by atoms with Crippen molar-refractivity contribution in [3.05, 3.63) is 51.5 Å². The Morgan fingerprint density at radius 3 is 2.60 bits per heavy atom. The van der Waals surface area contributed by atoms with Crippen LogP contribution < -0.4 is 10.5 Å². The summed E-state index contributed by atoms with van der Waals surface area (Å²) in [6.45, 7) is 1.64. The van der Waals surface area contributed by atoms with Gasteiger partial charge in [0.2, 0.25) is 0 Å². The van der Waals surface area contributed by atoms with E-state index in [4.69, 9.17) is 17.3 Å². The molecule has 0 radical (unpaired) electrons. The molecule has 0 spiro atoms. The summed E-state index contributed by atoms with van der Waals surface area (Å²) in [5.41, 5.74) is 7.02. The van der Waals surface area contributed by atoms with Crippen LogP contribution in [-0.2, 0) is 10.0 Å². The van der Waals surface area contributed by atoms with Crippen molar-refractivity contribution in [3.63, 3.8) is 0 Å². The smallest absolute Gasteiger partial charge is 0.262 e. The Hall–Kier alpha value is -1.24. The predicted octanol–water partition coefficient (Wildman–Crippen LogP) is 3.79. The fourth-order valence-electron chi connectivity index (χ4n) is 1.72. The van der Waals surface area contributed by atoms with E-state index in [1.165, 1.54) is 12.1 Å². The van der Waals surface area contributed by atoms with E-state index in [0.29, 0.717) is 16.9 Å². The summed E-state index contributed by atoms with van der Waals surface area (Å²) in [5, 5.41) is 0.280. The minimum atomic E-state index is -3.74. The van der Waals surface area contributed by atoms with Gasteiger partial charge in [-0.05, 0) is 42.8 Å². The minimum Gasteiger partial charge on any atom is -0.398 e. The number of nitrogen functional groups attached to an aromatic ring is 1. The average Bonchev–Trinajstić information content (AvgIpc) is 2.33. The Kier molecular flexibility index (Phi) is 4.27. The van der Waals surface area contributed by atoms with Crippen molar-refractivity contribution in [2.75, 3.05) is 10.5 Å². The maximum atomic E-state index is 12.4. The number of hydrogen-bond acceptors (Lipinski definition) is 3. The van der Waals surface area contributed by atoms with Crippen LogP contribution in [0.2, 0.25) is 5.02 Å². The van der Waals surface area contributed by atoms with E-state index in [1.54, 1.807) is 31.2 Å². The van der Waals surface area contributed by atoms with E-state index in [0.717, 1.165) is 4.47 Å². The number of halogens is 2. The number of hydrogen-bond donors (Lipinski definition) is 2. The van der Waals surface area contributed by atoms with Gasteiger partial charge in [-0.2, -0.15) is 0 Å². The molecular formula is C13H12BrClN2O2S. The van der Waals surface area contributed by atoms with Gasteiger partial charge >= 0.3 is 0 Å². The highest BCUT2D eigenvalue weighted by Crippen LogP contribution is 2.28. The third kappa shape index (κ3) is 3.26. The maximum absolute atomic E-state index is 12.4. The zero-order valence-corrected chi connectivity index (χ0v) is 13.7. The van der Waals surface area contributed by atoms with Crippen LogP contribution in [0.5, 0.6) is 0 Å². The third-order valence-corrected chi connectivity index (χ3v) is 4.95. The summed E-state index contributed by atoms with van der Waals surface area (Å²) in [6.07, 6.45) is 0. The van der Waals surface area contributed by atoms with E-state index in [9.17, 15) is 8.42 Å². The van der Waals surface area contributed by atoms with Gasteiger partial charge in [0.25, 0.3) is 10.0 Å². The fourth-order valence-corrected chi connectivity index (χ4v) is 3.76. The number of sulfonamides is 1. The average molecular weight is 376 g/mol. The van der Waals surface area contributed by atoms with Crippen molar-refractivity contribution in [3.8, 4) is 0 Å². The molecule has 0 heterocycles. The number of nitrogens with one attached hydrogen (secondary N) is 1. The van der Waals surface area contributed by atoms with Gasteiger partial charge in [-0.15, -0.1) is 0 Å². The predicted molar refractivity (Wildman–Crippen MR) is 85.6 cm³/mol. The number of anilines is 2. The van der Waals surface area contributed by atoms with Gasteiger partial charge in [-0.1, -0.05) is 33.6 Å². The topological polar surface area (TPSA) is 72.2 Å². The Labute approximate surface area is 131 Å². The van der Waals surface area contributed by atoms with Crippen molar-refractivity contribution in [1.82, 2.24) is 0 Å². The van der Waals surface area contributed by atoms with E-state index < -0.39 is 10.0 Å². The fraction of sp³-hybridized carbons (Fsp3) is 0.0769. The lowest BCUT2D eigenvalue weighted by molar-refractivity contribution is 0.600. The molecule has 0 aliphatic rings. The Morgan fingerprint density at radius 2 is 1.95 bits per heavy atom. The summed E-state index contributed by atoms with van der Waals surface area (Å²) >= 11 is 9.16. The van der Waals surface area contributed by atoms with E-state index >= 15 is 0 Å². The van der Waals surface area contributed by atoms with Crippen molar-refractivity contribution in [2.24, 2.45) is 0 Å². The van der Waals surface area contributed by atoms with Crippen molar-refractivity contribution in [2.45, 2.75) is 11.8 Å². The molecule has 0 aromatic heterocycles. The van der Waals surface area contributed by atoms with E-state index in [-0.39, 0.29) is 9.92 Å². The summed E-state index contributed by atoms with van der Waals surface area (Å²) in [4.78, 5) is 0.0717. The molecule has 2 aromatic rings. The van der Waals surface area contributed by atoms with E-state index in [2.05, 4.69) is 20.7 Å². The molecular weight excluding hydrogens is 364 g/mol. The van der Waals surface area contributed by atoms with Crippen LogP contribution in [-0.4, -0.2) is 8.42 Å². The molecule has 2 rings (SSSR count). The Bertz CT molecular complexity index is 763. The normalized spacial score (nSPS) is 11.3. The molecule has 106 valence electrons. The van der Waals surface area contributed by atoms with Crippen LogP contribution in [0.4, 0.5) is 11.4 Å². The highest BCUT2D eigenvalue weighted by Gasteiger charge is 2.19. The molecule has 0 fully saturated rings. The second-order valence-corrected chi connectivity index (χ2v) is 7.24. The van der Waals surface area contributed by atoms with Gasteiger partial charge in [0, 0.05) is 20.9 Å². The molecule has 0 atom stereocenters. The third-order valence-electron chi connectivity index (χ3n) is 2.73. The molecule has 0 saturated carbocycles. The zero-order chi connectivity index (χ0) is 14.9. The van der Waals surface area contributed by atoms with Gasteiger partial charge < -0.3 is 5.73 Å². The Morgan fingerprint density at radius 1 is 1.25 bits per heavy atom. The number of rotatable bonds is 3. The molecule has 0 saturated heterocycles. The van der Waals surface area contributed by atoms with Crippen molar-refractivity contribution in [1.29, 1.82) is 0 Å². The molecule has 0 amide bonds. The first-order chi connectivity index (χ1) is 9.29. The number of benzene rings is 2. The van der Waals surface area contributed by atoms with Crippen LogP contribution >= 0.6 is 27.5 Å². The SMILES string of the molecule is Cc1c(N)cc(Cl)cc1S(=O)(=O)Nc1cccc(Br)c1. The highest BCUT2D eigenvalue weighted by atomic mass is 79.9. The van der Waals surface area contributed by atoms with Crippen LogP contribution in [0.15, 0.2) is 45.8 Å². The molecule has 2 aromatic carbocycles. The van der Waals surface area contributed by atoms with Gasteiger partial charge in [0.1, 0.15) is 0 Å². The largest absolute Gasteiger partial charge is 0.398 e. The molecule has 0 aliphatic heterocycles. The lowest BCUT2D eigenvalue weighted by atomic mass is 10.2. The second kappa shape index (κ2) is 5.63. The molecule has 0 bridgehead atoms. The summed E-state index contributed by atoms with van der Waals surface area (Å²) in [5.74, 6) is 0. The van der Waals surface area contributed by atoms with Gasteiger partial charge in [0.15, 0.2) is 0 Å². The van der Waals surface area contributed by atoms with Crippen LogP contribution in [0.3, 0.4) is 0 Å². The summed E-state index contributed by atoms with van der Waals surface area (Å²) in [7, 11) is -3.74. The first-order valence-corrected chi connectivity index (χ1v) is 8.29. The molecule has 0 unspecified atom stereocenters. The second-order valence-electron chi connectivity index (χ2n) is 4.23. The molecule has 4 nitrogen and oxygen atoms in total. The monoisotopic (exact) mass is 374 g/mol. The summed E-state index contributed by atoms with van der Waals surface area (Å²) in [6, 6.07) is 9.77. The zero-order valence-electron chi connectivity index (χ0n) is 10.5. The van der Waals surface area contributed by atoms with Crippen molar-refractivity contribution < 1.29 is 8.42 Å².